The molecule has 1 aliphatic rings. The number of halogens is 2. The predicted molar refractivity (Wildman–Crippen MR) is 93.8 cm³/mol. The lowest BCUT2D eigenvalue weighted by atomic mass is 10.2. The molecule has 3 rings (SSSR count). The number of rotatable bonds is 3. The molecule has 124 valence electrons. The van der Waals surface area contributed by atoms with E-state index < -0.39 is 11.7 Å². The molecular weight excluding hydrogens is 377 g/mol. The van der Waals surface area contributed by atoms with Gasteiger partial charge in [-0.3, -0.25) is 4.79 Å². The highest BCUT2D eigenvalue weighted by Gasteiger charge is 2.10. The van der Waals surface area contributed by atoms with Crippen LogP contribution in [0, 0.1) is 5.82 Å². The van der Waals surface area contributed by atoms with Crippen LogP contribution in [0.3, 0.4) is 0 Å². The largest absolute Gasteiger partial charge is 0.490 e. The van der Waals surface area contributed by atoms with Crippen LogP contribution in [0.2, 0.25) is 0 Å². The number of hydrogen-bond donors (Lipinski definition) is 1. The molecule has 0 atom stereocenters. The average Bonchev–Trinajstić information content (AvgIpc) is 2.80. The fourth-order valence-electron chi connectivity index (χ4n) is 2.22. The van der Waals surface area contributed by atoms with Crippen molar-refractivity contribution in [1.82, 2.24) is 0 Å². The molecule has 0 spiro atoms. The van der Waals surface area contributed by atoms with Crippen molar-refractivity contribution in [3.8, 4) is 11.5 Å². The van der Waals surface area contributed by atoms with Crippen LogP contribution >= 0.6 is 15.9 Å². The second-order valence-electron chi connectivity index (χ2n) is 5.20. The van der Waals surface area contributed by atoms with Gasteiger partial charge >= 0.3 is 0 Å². The Hall–Kier alpha value is -2.34. The third kappa shape index (κ3) is 4.14. The summed E-state index contributed by atoms with van der Waals surface area (Å²) in [6, 6.07) is 9.91. The van der Waals surface area contributed by atoms with Gasteiger partial charge in [-0.05, 0) is 42.0 Å². The Bertz CT molecular complexity index is 792. The molecule has 0 aromatic heterocycles. The lowest BCUT2D eigenvalue weighted by Gasteiger charge is -2.07. The number of ether oxygens (including phenoxy) is 2. The molecule has 2 aromatic rings. The van der Waals surface area contributed by atoms with E-state index in [-0.39, 0.29) is 5.69 Å². The second-order valence-corrected chi connectivity index (χ2v) is 6.12. The summed E-state index contributed by atoms with van der Waals surface area (Å²) in [7, 11) is 0. The molecule has 1 heterocycles. The number of fused-ring (bicyclic) bond motifs is 1. The molecule has 4 nitrogen and oxygen atoms in total. The summed E-state index contributed by atoms with van der Waals surface area (Å²) in [5.74, 6) is 0.449. The minimum absolute atomic E-state index is 0.131. The van der Waals surface area contributed by atoms with Crippen molar-refractivity contribution in [1.29, 1.82) is 0 Å². The topological polar surface area (TPSA) is 47.6 Å². The Morgan fingerprint density at radius 2 is 1.92 bits per heavy atom. The van der Waals surface area contributed by atoms with Crippen LogP contribution in [-0.4, -0.2) is 19.1 Å². The van der Waals surface area contributed by atoms with Crippen LogP contribution in [0.4, 0.5) is 10.1 Å². The van der Waals surface area contributed by atoms with Crippen LogP contribution in [0.15, 0.2) is 46.9 Å². The molecule has 2 aromatic carbocycles. The van der Waals surface area contributed by atoms with Crippen molar-refractivity contribution >= 4 is 33.6 Å². The van der Waals surface area contributed by atoms with E-state index in [1.54, 1.807) is 12.1 Å². The molecule has 0 radical (unpaired) electrons. The Labute approximate surface area is 147 Å². The van der Waals surface area contributed by atoms with E-state index in [1.165, 1.54) is 18.2 Å². The van der Waals surface area contributed by atoms with Gasteiger partial charge in [-0.15, -0.1) is 0 Å². The molecule has 1 aliphatic heterocycles. The minimum atomic E-state index is -0.498. The molecular formula is C18H15BrFNO3. The van der Waals surface area contributed by atoms with E-state index in [0.29, 0.717) is 29.2 Å². The highest BCUT2D eigenvalue weighted by molar-refractivity contribution is 9.10. The van der Waals surface area contributed by atoms with Crippen LogP contribution in [0.1, 0.15) is 12.0 Å². The third-order valence-electron chi connectivity index (χ3n) is 3.39. The molecule has 0 bridgehead atoms. The number of anilines is 1. The van der Waals surface area contributed by atoms with Crippen molar-refractivity contribution in [2.75, 3.05) is 18.5 Å². The molecule has 0 unspecified atom stereocenters. The van der Waals surface area contributed by atoms with Gasteiger partial charge in [0.05, 0.1) is 18.9 Å². The number of hydrogen-bond acceptors (Lipinski definition) is 3. The predicted octanol–water partition coefficient (Wildman–Crippen LogP) is 4.40. The van der Waals surface area contributed by atoms with E-state index >= 15 is 0 Å². The maximum absolute atomic E-state index is 13.7. The van der Waals surface area contributed by atoms with E-state index in [0.717, 1.165) is 12.0 Å². The smallest absolute Gasteiger partial charge is 0.248 e. The zero-order valence-electron chi connectivity index (χ0n) is 12.7. The number of carbonyl (C=O) groups is 1. The summed E-state index contributed by atoms with van der Waals surface area (Å²) in [6.07, 6.45) is 3.82. The first-order chi connectivity index (χ1) is 11.6. The van der Waals surface area contributed by atoms with Crippen LogP contribution in [0.5, 0.6) is 11.5 Å². The van der Waals surface area contributed by atoms with E-state index in [2.05, 4.69) is 21.2 Å². The molecule has 24 heavy (non-hydrogen) atoms. The van der Waals surface area contributed by atoms with Crippen LogP contribution in [-0.2, 0) is 4.79 Å². The van der Waals surface area contributed by atoms with E-state index in [9.17, 15) is 9.18 Å². The first kappa shape index (κ1) is 16.5. The van der Waals surface area contributed by atoms with Crippen molar-refractivity contribution in [2.45, 2.75) is 6.42 Å². The van der Waals surface area contributed by atoms with Crippen molar-refractivity contribution < 1.29 is 18.7 Å². The Balaban J connectivity index is 1.69. The number of nitrogens with one attached hydrogen (secondary N) is 1. The molecule has 0 fully saturated rings. The highest BCUT2D eigenvalue weighted by atomic mass is 79.9. The fraction of sp³-hybridized carbons (Fsp3) is 0.167. The summed E-state index contributed by atoms with van der Waals surface area (Å²) in [6.45, 7) is 1.23. The van der Waals surface area contributed by atoms with Gasteiger partial charge in [0.15, 0.2) is 11.5 Å². The summed E-state index contributed by atoms with van der Waals surface area (Å²) in [4.78, 5) is 11.9. The van der Waals surface area contributed by atoms with Crippen molar-refractivity contribution in [3.63, 3.8) is 0 Å². The maximum atomic E-state index is 13.7. The maximum Gasteiger partial charge on any atom is 0.248 e. The Morgan fingerprint density at radius 1 is 1.12 bits per heavy atom. The summed E-state index contributed by atoms with van der Waals surface area (Å²) < 4.78 is 25.5. The third-order valence-corrected chi connectivity index (χ3v) is 3.88. The van der Waals surface area contributed by atoms with E-state index in [4.69, 9.17) is 9.47 Å². The minimum Gasteiger partial charge on any atom is -0.490 e. The zero-order valence-corrected chi connectivity index (χ0v) is 14.3. The monoisotopic (exact) mass is 391 g/mol. The van der Waals surface area contributed by atoms with Gasteiger partial charge in [0, 0.05) is 17.0 Å². The second kappa shape index (κ2) is 7.49. The average molecular weight is 392 g/mol. The van der Waals surface area contributed by atoms with Gasteiger partial charge in [-0.1, -0.05) is 22.0 Å². The molecule has 0 saturated carbocycles. The Morgan fingerprint density at radius 3 is 2.71 bits per heavy atom. The molecule has 6 heteroatoms. The van der Waals surface area contributed by atoms with Gasteiger partial charge in [0.25, 0.3) is 0 Å². The number of carbonyl (C=O) groups excluding carboxylic acids is 1. The summed E-state index contributed by atoms with van der Waals surface area (Å²) in [5, 5.41) is 2.50. The lowest BCUT2D eigenvalue weighted by molar-refractivity contribution is -0.111. The van der Waals surface area contributed by atoms with Gasteiger partial charge in [-0.2, -0.15) is 0 Å². The first-order valence-corrected chi connectivity index (χ1v) is 8.25. The van der Waals surface area contributed by atoms with Crippen molar-refractivity contribution in [3.05, 3.63) is 58.3 Å². The lowest BCUT2D eigenvalue weighted by Crippen LogP contribution is -2.09. The number of benzene rings is 2. The summed E-state index contributed by atoms with van der Waals surface area (Å²) >= 11 is 3.17. The fourth-order valence-corrected chi connectivity index (χ4v) is 2.55. The van der Waals surface area contributed by atoms with Gasteiger partial charge < -0.3 is 14.8 Å². The standard InChI is InChI=1S/C18H15BrFNO3/c19-13-4-5-15(14(20)11-13)21-18(22)7-3-12-2-6-16-17(10-12)24-9-1-8-23-16/h2-7,10-11H,1,8-9H2,(H,21,22)/b7-3+. The normalized spacial score (nSPS) is 13.6. The summed E-state index contributed by atoms with van der Waals surface area (Å²) in [5.41, 5.74) is 0.928. The molecule has 0 saturated heterocycles. The number of amides is 1. The van der Waals surface area contributed by atoms with Gasteiger partial charge in [0.2, 0.25) is 5.91 Å². The van der Waals surface area contributed by atoms with Crippen molar-refractivity contribution in [2.24, 2.45) is 0 Å². The quantitative estimate of drug-likeness (QED) is 0.788. The Kier molecular flexibility index (Phi) is 5.15. The van der Waals surface area contributed by atoms with E-state index in [1.807, 2.05) is 18.2 Å². The molecule has 0 aliphatic carbocycles. The zero-order chi connectivity index (χ0) is 16.9. The molecule has 1 N–H and O–H groups in total. The van der Waals surface area contributed by atoms with Gasteiger partial charge in [-0.25, -0.2) is 4.39 Å². The highest BCUT2D eigenvalue weighted by Crippen LogP contribution is 2.30. The van der Waals surface area contributed by atoms with Crippen LogP contribution < -0.4 is 14.8 Å². The first-order valence-electron chi connectivity index (χ1n) is 7.45. The van der Waals surface area contributed by atoms with Crippen LogP contribution in [0.25, 0.3) is 6.08 Å². The van der Waals surface area contributed by atoms with Gasteiger partial charge in [0.1, 0.15) is 5.82 Å². The SMILES string of the molecule is O=C(/C=C/c1ccc2c(c1)OCCCO2)Nc1ccc(Br)cc1F. The molecule has 1 amide bonds.